The molecule has 5 rings (SSSR count). The molecule has 2 N–H and O–H groups in total. The smallest absolute Gasteiger partial charge is 0.337 e. The van der Waals surface area contributed by atoms with Gasteiger partial charge in [0.1, 0.15) is 0 Å². The minimum Gasteiger partial charge on any atom is -0.337 e. The normalized spacial score (nSPS) is 19.2. The Morgan fingerprint density at radius 2 is 1.81 bits per heavy atom. The third-order valence-electron chi connectivity index (χ3n) is 8.13. The Bertz CT molecular complexity index is 1200. The largest absolute Gasteiger partial charge is 0.337 e. The highest BCUT2D eigenvalue weighted by Crippen LogP contribution is 2.35. The number of aromatic nitrogens is 6. The third-order valence-corrected chi connectivity index (χ3v) is 8.13. The van der Waals surface area contributed by atoms with Crippen LogP contribution in [0.2, 0.25) is 0 Å². The van der Waals surface area contributed by atoms with E-state index >= 15 is 0 Å². The molecule has 1 aliphatic carbocycles. The number of amides is 1. The molecule has 10 nitrogen and oxygen atoms in total. The van der Waals surface area contributed by atoms with Crippen LogP contribution in [0.1, 0.15) is 76.6 Å². The van der Waals surface area contributed by atoms with Crippen LogP contribution in [0.3, 0.4) is 0 Å². The number of rotatable bonds is 7. The molecule has 0 bridgehead atoms. The van der Waals surface area contributed by atoms with Gasteiger partial charge in [-0.3, -0.25) is 4.57 Å². The van der Waals surface area contributed by atoms with E-state index < -0.39 is 0 Å². The number of nitrogens with zero attached hydrogens (tertiary/aromatic N) is 6. The van der Waals surface area contributed by atoms with Crippen molar-refractivity contribution in [2.45, 2.75) is 70.8 Å². The summed E-state index contributed by atoms with van der Waals surface area (Å²) in [6.07, 6.45) is 8.47. The molecule has 2 fully saturated rings. The summed E-state index contributed by atoms with van der Waals surface area (Å²) in [4.78, 5) is 28.6. The number of nitrogens with one attached hydrogen (secondary N) is 2. The number of hydrogen-bond acceptors (Lipinski definition) is 6. The number of piperidine rings is 1. The number of tetrazole rings is 1. The van der Waals surface area contributed by atoms with Crippen molar-refractivity contribution in [2.75, 3.05) is 26.2 Å². The van der Waals surface area contributed by atoms with Crippen LogP contribution >= 0.6 is 0 Å². The van der Waals surface area contributed by atoms with E-state index in [0.29, 0.717) is 29.8 Å². The summed E-state index contributed by atoms with van der Waals surface area (Å²) in [6, 6.07) is 7.13. The molecule has 0 radical (unpaired) electrons. The summed E-state index contributed by atoms with van der Waals surface area (Å²) in [5.74, 6) is 2.31. The van der Waals surface area contributed by atoms with E-state index in [1.54, 1.807) is 4.57 Å². The first-order valence-electron chi connectivity index (χ1n) is 13.5. The lowest BCUT2D eigenvalue weighted by atomic mass is 9.79. The second-order valence-electron chi connectivity index (χ2n) is 10.8. The number of H-pyrrole nitrogens is 1. The number of benzene rings is 1. The van der Waals surface area contributed by atoms with Gasteiger partial charge in [-0.25, -0.2) is 19.3 Å². The molecule has 194 valence electrons. The molecule has 0 spiro atoms. The lowest BCUT2D eigenvalue weighted by Gasteiger charge is -2.36. The third kappa shape index (κ3) is 5.09. The van der Waals surface area contributed by atoms with Crippen LogP contribution in [0.15, 0.2) is 29.1 Å². The molecule has 2 aromatic heterocycles. The summed E-state index contributed by atoms with van der Waals surface area (Å²) in [6.45, 7) is 7.47. The maximum absolute atomic E-state index is 13.1. The topological polar surface area (TPSA) is 114 Å². The fraction of sp³-hybridized carbons (Fsp3) is 0.654. The monoisotopic (exact) mass is 494 g/mol. The van der Waals surface area contributed by atoms with Crippen molar-refractivity contribution in [1.29, 1.82) is 0 Å². The number of likely N-dealkylation sites (tertiary alicyclic amines) is 1. The zero-order chi connectivity index (χ0) is 25.1. The fourth-order valence-electron chi connectivity index (χ4n) is 6.15. The van der Waals surface area contributed by atoms with Gasteiger partial charge < -0.3 is 10.2 Å². The van der Waals surface area contributed by atoms with E-state index in [2.05, 4.69) is 30.8 Å². The number of fused-ring (bicyclic) bond motifs is 1. The Kier molecular flexibility index (Phi) is 7.50. The molecule has 3 aromatic rings. The van der Waals surface area contributed by atoms with Crippen molar-refractivity contribution in [2.24, 2.45) is 11.8 Å². The summed E-state index contributed by atoms with van der Waals surface area (Å²) in [7, 11) is 0. The Hall–Kier alpha value is -3.01. The van der Waals surface area contributed by atoms with Gasteiger partial charge in [0, 0.05) is 25.0 Å². The van der Waals surface area contributed by atoms with E-state index in [0.717, 1.165) is 43.8 Å². The predicted molar refractivity (Wildman–Crippen MR) is 138 cm³/mol. The van der Waals surface area contributed by atoms with Crippen LogP contribution in [0, 0.1) is 11.8 Å². The Labute approximate surface area is 211 Å². The van der Waals surface area contributed by atoms with Crippen molar-refractivity contribution in [1.82, 2.24) is 40.0 Å². The molecular formula is C26H38N8O2. The molecular weight excluding hydrogens is 456 g/mol. The highest BCUT2D eigenvalue weighted by Gasteiger charge is 2.31. The lowest BCUT2D eigenvalue weighted by Crippen LogP contribution is -2.43. The Morgan fingerprint density at radius 3 is 2.47 bits per heavy atom. The van der Waals surface area contributed by atoms with Gasteiger partial charge in [0.05, 0.1) is 11.0 Å². The van der Waals surface area contributed by atoms with Gasteiger partial charge in [-0.05, 0) is 87.0 Å². The zero-order valence-corrected chi connectivity index (χ0v) is 21.4. The zero-order valence-electron chi connectivity index (χ0n) is 21.4. The molecule has 10 heteroatoms. The average Bonchev–Trinajstić information content (AvgIpc) is 3.53. The van der Waals surface area contributed by atoms with Crippen molar-refractivity contribution in [3.8, 4) is 0 Å². The molecule has 1 saturated carbocycles. The Balaban J connectivity index is 1.18. The SMILES string of the molecule is CC(C)n1c(=O)n(C(=O)NCC2CCN(CC(c3nnn[nH]3)C3CCCCC3)CC2)c2ccccc21. The molecule has 1 atom stereocenters. The minimum absolute atomic E-state index is 0.0223. The van der Waals surface area contributed by atoms with Gasteiger partial charge in [0.15, 0.2) is 5.82 Å². The van der Waals surface area contributed by atoms with E-state index in [9.17, 15) is 9.59 Å². The van der Waals surface area contributed by atoms with Crippen molar-refractivity contribution in [3.05, 3.63) is 40.6 Å². The van der Waals surface area contributed by atoms with Gasteiger partial charge in [-0.1, -0.05) is 31.4 Å². The average molecular weight is 495 g/mol. The second-order valence-corrected chi connectivity index (χ2v) is 10.8. The van der Waals surface area contributed by atoms with Crippen LogP contribution in [0.4, 0.5) is 4.79 Å². The highest BCUT2D eigenvalue weighted by atomic mass is 16.2. The van der Waals surface area contributed by atoms with Gasteiger partial charge in [0.25, 0.3) is 0 Å². The first-order chi connectivity index (χ1) is 17.5. The second kappa shape index (κ2) is 10.9. The van der Waals surface area contributed by atoms with Crippen molar-refractivity contribution >= 4 is 17.1 Å². The molecule has 2 aliphatic rings. The maximum atomic E-state index is 13.1. The standard InChI is InChI=1S/C26H38N8O2/c1-18(2)33-22-10-6-7-11-23(22)34(26(33)36)25(35)27-16-19-12-14-32(15-13-19)17-21(24-28-30-31-29-24)20-8-4-3-5-9-20/h6-7,10-11,18-21H,3-5,8-9,12-17H2,1-2H3,(H,27,35)(H,28,29,30,31). The molecule has 1 aromatic carbocycles. The number of para-hydroxylation sites is 2. The summed E-state index contributed by atoms with van der Waals surface area (Å²) in [5, 5.41) is 18.0. The van der Waals surface area contributed by atoms with Crippen LogP contribution in [-0.2, 0) is 0 Å². The predicted octanol–water partition coefficient (Wildman–Crippen LogP) is 3.53. The number of imidazole rings is 1. The molecule has 1 unspecified atom stereocenters. The van der Waals surface area contributed by atoms with Crippen LogP contribution < -0.4 is 11.0 Å². The molecule has 1 aliphatic heterocycles. The fourth-order valence-corrected chi connectivity index (χ4v) is 6.15. The van der Waals surface area contributed by atoms with Gasteiger partial charge in [-0.2, -0.15) is 0 Å². The molecule has 3 heterocycles. The van der Waals surface area contributed by atoms with Gasteiger partial charge >= 0.3 is 11.7 Å². The van der Waals surface area contributed by atoms with Crippen molar-refractivity contribution in [3.63, 3.8) is 0 Å². The summed E-state index contributed by atoms with van der Waals surface area (Å²) in [5.41, 5.74) is 1.16. The maximum Gasteiger partial charge on any atom is 0.337 e. The van der Waals surface area contributed by atoms with Gasteiger partial charge in [0.2, 0.25) is 0 Å². The number of hydrogen-bond donors (Lipinski definition) is 2. The van der Waals surface area contributed by atoms with Crippen LogP contribution in [0.5, 0.6) is 0 Å². The van der Waals surface area contributed by atoms with E-state index in [1.165, 1.54) is 36.7 Å². The van der Waals surface area contributed by atoms with Gasteiger partial charge in [-0.15, -0.1) is 5.10 Å². The lowest BCUT2D eigenvalue weighted by molar-refractivity contribution is 0.148. The number of carbonyl (C=O) groups excluding carboxylic acids is 1. The van der Waals surface area contributed by atoms with Crippen LogP contribution in [0.25, 0.3) is 11.0 Å². The molecule has 1 saturated heterocycles. The van der Waals surface area contributed by atoms with E-state index in [4.69, 9.17) is 0 Å². The summed E-state index contributed by atoms with van der Waals surface area (Å²) < 4.78 is 2.96. The minimum atomic E-state index is -0.340. The number of aromatic amines is 1. The molecule has 36 heavy (non-hydrogen) atoms. The number of carbonyl (C=O) groups is 1. The van der Waals surface area contributed by atoms with E-state index in [1.807, 2.05) is 38.1 Å². The first kappa shape index (κ1) is 24.7. The first-order valence-corrected chi connectivity index (χ1v) is 13.5. The Morgan fingerprint density at radius 1 is 1.08 bits per heavy atom. The van der Waals surface area contributed by atoms with Crippen LogP contribution in [-0.4, -0.2) is 66.9 Å². The highest BCUT2D eigenvalue weighted by molar-refractivity contribution is 5.89. The summed E-state index contributed by atoms with van der Waals surface area (Å²) >= 11 is 0. The molecule has 1 amide bonds. The quantitative estimate of drug-likeness (QED) is 0.519. The van der Waals surface area contributed by atoms with Crippen molar-refractivity contribution < 1.29 is 4.79 Å². The van der Waals surface area contributed by atoms with E-state index in [-0.39, 0.29) is 17.8 Å².